The van der Waals surface area contributed by atoms with E-state index >= 15 is 0 Å². The molecule has 1 fully saturated rings. The lowest BCUT2D eigenvalue weighted by molar-refractivity contribution is -0.1000. The van der Waals surface area contributed by atoms with Crippen molar-refractivity contribution in [1.29, 1.82) is 0 Å². The van der Waals surface area contributed by atoms with E-state index in [1.165, 1.54) is 0 Å². The van der Waals surface area contributed by atoms with Crippen LogP contribution in [-0.4, -0.2) is 36.8 Å². The summed E-state index contributed by atoms with van der Waals surface area (Å²) in [5.74, 6) is 1.75. The van der Waals surface area contributed by atoms with Gasteiger partial charge in [0, 0.05) is 51.0 Å². The van der Waals surface area contributed by atoms with Gasteiger partial charge in [-0.05, 0) is 19.8 Å². The predicted molar refractivity (Wildman–Crippen MR) is 83.7 cm³/mol. The first-order valence-corrected chi connectivity index (χ1v) is 7.91. The van der Waals surface area contributed by atoms with E-state index in [1.54, 1.807) is 7.11 Å². The number of aryl methyl sites for hydroxylation is 1. The molecule has 0 aliphatic carbocycles. The third kappa shape index (κ3) is 3.35. The van der Waals surface area contributed by atoms with E-state index < -0.39 is 5.60 Å². The van der Waals surface area contributed by atoms with E-state index in [4.69, 9.17) is 19.4 Å². The molecule has 1 aliphatic rings. The second kappa shape index (κ2) is 7.18. The van der Waals surface area contributed by atoms with Crippen LogP contribution in [0.4, 0.5) is 5.82 Å². The molecule has 1 aromatic heterocycles. The van der Waals surface area contributed by atoms with Crippen LogP contribution < -0.4 is 5.32 Å². The zero-order valence-electron chi connectivity index (χ0n) is 13.7. The molecule has 0 spiro atoms. The number of ether oxygens (including phenoxy) is 2. The van der Waals surface area contributed by atoms with Gasteiger partial charge in [-0.15, -0.1) is 0 Å². The van der Waals surface area contributed by atoms with Crippen LogP contribution in [0, 0.1) is 6.92 Å². The number of anilines is 1. The van der Waals surface area contributed by atoms with Crippen molar-refractivity contribution in [3.8, 4) is 0 Å². The normalized spacial score (nSPS) is 17.7. The Balaban J connectivity index is 2.41. The fourth-order valence-electron chi connectivity index (χ4n) is 2.75. The molecule has 21 heavy (non-hydrogen) atoms. The Morgan fingerprint density at radius 2 is 1.95 bits per heavy atom. The van der Waals surface area contributed by atoms with Gasteiger partial charge in [-0.1, -0.05) is 13.8 Å². The summed E-state index contributed by atoms with van der Waals surface area (Å²) < 4.78 is 11.3. The summed E-state index contributed by atoms with van der Waals surface area (Å²) in [6.45, 7) is 8.69. The van der Waals surface area contributed by atoms with E-state index in [1.807, 2.05) is 0 Å². The Bertz CT molecular complexity index is 471. The maximum absolute atomic E-state index is 5.83. The number of nitrogens with zero attached hydrogens (tertiary/aromatic N) is 2. The van der Waals surface area contributed by atoms with E-state index in [0.717, 1.165) is 55.1 Å². The Labute approximate surface area is 127 Å². The summed E-state index contributed by atoms with van der Waals surface area (Å²) in [5, 5.41) is 3.42. The first-order chi connectivity index (χ1) is 10.2. The van der Waals surface area contributed by atoms with Crippen molar-refractivity contribution in [3.63, 3.8) is 0 Å². The molecule has 1 aliphatic heterocycles. The van der Waals surface area contributed by atoms with Crippen LogP contribution in [0.3, 0.4) is 0 Å². The van der Waals surface area contributed by atoms with Crippen molar-refractivity contribution in [1.82, 2.24) is 9.97 Å². The van der Waals surface area contributed by atoms with Gasteiger partial charge in [-0.25, -0.2) is 9.97 Å². The standard InChI is InChI=1S/C16H27N3O2/c1-5-9-17-14-12(3)13(6-2)18-15(19-14)16(20-4)7-10-21-11-8-16/h5-11H2,1-4H3,(H,17,18,19). The number of aromatic nitrogens is 2. The van der Waals surface area contributed by atoms with Gasteiger partial charge in [0.2, 0.25) is 0 Å². The highest BCUT2D eigenvalue weighted by atomic mass is 16.5. The fourth-order valence-corrected chi connectivity index (χ4v) is 2.75. The lowest BCUT2D eigenvalue weighted by Crippen LogP contribution is -2.38. The molecule has 1 aromatic rings. The molecule has 5 heteroatoms. The van der Waals surface area contributed by atoms with Crippen LogP contribution in [0.1, 0.15) is 50.2 Å². The Morgan fingerprint density at radius 3 is 2.52 bits per heavy atom. The summed E-state index contributed by atoms with van der Waals surface area (Å²) in [5.41, 5.74) is 1.84. The van der Waals surface area contributed by atoms with Crippen molar-refractivity contribution in [2.24, 2.45) is 0 Å². The van der Waals surface area contributed by atoms with E-state index in [9.17, 15) is 0 Å². The first-order valence-electron chi connectivity index (χ1n) is 7.91. The first kappa shape index (κ1) is 16.2. The molecule has 2 heterocycles. The molecule has 118 valence electrons. The van der Waals surface area contributed by atoms with Crippen molar-refractivity contribution in [3.05, 3.63) is 17.1 Å². The molecular formula is C16H27N3O2. The number of hydrogen-bond donors (Lipinski definition) is 1. The zero-order chi connectivity index (χ0) is 15.3. The van der Waals surface area contributed by atoms with Crippen LogP contribution in [-0.2, 0) is 21.5 Å². The Hall–Kier alpha value is -1.20. The number of methoxy groups -OCH3 is 1. The summed E-state index contributed by atoms with van der Waals surface area (Å²) in [6.07, 6.45) is 3.59. The van der Waals surface area contributed by atoms with E-state index in [-0.39, 0.29) is 0 Å². The van der Waals surface area contributed by atoms with Gasteiger partial charge in [0.05, 0.1) is 0 Å². The third-order valence-corrected chi connectivity index (χ3v) is 4.22. The highest BCUT2D eigenvalue weighted by Gasteiger charge is 2.38. The average molecular weight is 293 g/mol. The largest absolute Gasteiger partial charge is 0.381 e. The van der Waals surface area contributed by atoms with Gasteiger partial charge in [0.15, 0.2) is 5.82 Å². The molecule has 0 unspecified atom stereocenters. The topological polar surface area (TPSA) is 56.3 Å². The van der Waals surface area contributed by atoms with Crippen molar-refractivity contribution in [2.45, 2.75) is 52.1 Å². The summed E-state index contributed by atoms with van der Waals surface area (Å²) in [7, 11) is 1.75. The lowest BCUT2D eigenvalue weighted by Gasteiger charge is -2.35. The maximum atomic E-state index is 5.83. The van der Waals surface area contributed by atoms with Crippen molar-refractivity contribution >= 4 is 5.82 Å². The molecule has 1 saturated heterocycles. The molecule has 2 rings (SSSR count). The van der Waals surface area contributed by atoms with Gasteiger partial charge in [-0.2, -0.15) is 0 Å². The molecule has 5 nitrogen and oxygen atoms in total. The highest BCUT2D eigenvalue weighted by molar-refractivity contribution is 5.46. The van der Waals surface area contributed by atoms with Gasteiger partial charge in [0.1, 0.15) is 11.4 Å². The Morgan fingerprint density at radius 1 is 1.24 bits per heavy atom. The fraction of sp³-hybridized carbons (Fsp3) is 0.750. The molecule has 1 N–H and O–H groups in total. The van der Waals surface area contributed by atoms with E-state index in [2.05, 4.69) is 26.1 Å². The molecular weight excluding hydrogens is 266 g/mol. The van der Waals surface area contributed by atoms with E-state index in [0.29, 0.717) is 13.2 Å². The minimum absolute atomic E-state index is 0.404. The third-order valence-electron chi connectivity index (χ3n) is 4.22. The number of rotatable bonds is 6. The molecule has 0 radical (unpaired) electrons. The lowest BCUT2D eigenvalue weighted by atomic mass is 9.92. The quantitative estimate of drug-likeness (QED) is 0.874. The molecule has 0 atom stereocenters. The van der Waals surface area contributed by atoms with Crippen LogP contribution in [0.25, 0.3) is 0 Å². The average Bonchev–Trinajstić information content (AvgIpc) is 2.54. The van der Waals surface area contributed by atoms with Crippen molar-refractivity contribution in [2.75, 3.05) is 32.2 Å². The Kier molecular flexibility index (Phi) is 5.53. The number of hydrogen-bond acceptors (Lipinski definition) is 5. The minimum atomic E-state index is -0.404. The highest BCUT2D eigenvalue weighted by Crippen LogP contribution is 2.34. The van der Waals surface area contributed by atoms with Crippen LogP contribution >= 0.6 is 0 Å². The van der Waals surface area contributed by atoms with Crippen LogP contribution in [0.5, 0.6) is 0 Å². The summed E-state index contributed by atoms with van der Waals surface area (Å²) in [6, 6.07) is 0. The SMILES string of the molecule is CCCNc1nc(C2(OC)CCOCC2)nc(CC)c1C. The zero-order valence-corrected chi connectivity index (χ0v) is 13.7. The predicted octanol–water partition coefficient (Wildman–Crippen LogP) is 2.82. The second-order valence-electron chi connectivity index (χ2n) is 5.56. The minimum Gasteiger partial charge on any atom is -0.381 e. The molecule has 0 saturated carbocycles. The second-order valence-corrected chi connectivity index (χ2v) is 5.56. The maximum Gasteiger partial charge on any atom is 0.163 e. The molecule has 0 aromatic carbocycles. The molecule has 0 bridgehead atoms. The summed E-state index contributed by atoms with van der Waals surface area (Å²) >= 11 is 0. The summed E-state index contributed by atoms with van der Waals surface area (Å²) in [4.78, 5) is 9.58. The van der Waals surface area contributed by atoms with Crippen LogP contribution in [0.15, 0.2) is 0 Å². The van der Waals surface area contributed by atoms with Gasteiger partial charge in [-0.3, -0.25) is 0 Å². The number of nitrogens with one attached hydrogen (secondary N) is 1. The monoisotopic (exact) mass is 293 g/mol. The van der Waals surface area contributed by atoms with Gasteiger partial charge in [0.25, 0.3) is 0 Å². The van der Waals surface area contributed by atoms with Gasteiger partial charge < -0.3 is 14.8 Å². The van der Waals surface area contributed by atoms with Crippen molar-refractivity contribution < 1.29 is 9.47 Å². The van der Waals surface area contributed by atoms with Crippen LogP contribution in [0.2, 0.25) is 0 Å². The van der Waals surface area contributed by atoms with Gasteiger partial charge >= 0.3 is 0 Å². The smallest absolute Gasteiger partial charge is 0.163 e. The molecule has 0 amide bonds.